The van der Waals surface area contributed by atoms with Crippen LogP contribution in [0.25, 0.3) is 0 Å². The summed E-state index contributed by atoms with van der Waals surface area (Å²) in [5, 5.41) is 3.76. The number of nitrogens with one attached hydrogen (secondary N) is 1. The molecule has 1 N–H and O–H groups in total. The number of rotatable bonds is 8. The lowest BCUT2D eigenvalue weighted by Crippen LogP contribution is -2.31. The van der Waals surface area contributed by atoms with Crippen LogP contribution in [0.4, 0.5) is 0 Å². The molecule has 3 atom stereocenters. The number of hydrogen-bond donors (Lipinski definition) is 1. The van der Waals surface area contributed by atoms with Crippen molar-refractivity contribution in [1.82, 2.24) is 5.32 Å². The molecule has 0 fully saturated rings. The average molecular weight is 281 g/mol. The lowest BCUT2D eigenvalue weighted by Gasteiger charge is -2.22. The summed E-state index contributed by atoms with van der Waals surface area (Å²) < 4.78 is 12.4. The molecule has 1 aromatic rings. The minimum Gasteiger partial charge on any atom is -0.309 e. The first kappa shape index (κ1) is 16.4. The lowest BCUT2D eigenvalue weighted by molar-refractivity contribution is 0.558. The van der Waals surface area contributed by atoms with E-state index in [2.05, 4.69) is 45.1 Å². The van der Waals surface area contributed by atoms with E-state index in [-0.39, 0.29) is 11.3 Å². The summed E-state index contributed by atoms with van der Waals surface area (Å²) in [4.78, 5) is 0. The van der Waals surface area contributed by atoms with Crippen molar-refractivity contribution in [3.05, 3.63) is 35.9 Å². The Bertz CT molecular complexity index is 378. The molecule has 2 nitrogen and oxygen atoms in total. The topological polar surface area (TPSA) is 29.1 Å². The van der Waals surface area contributed by atoms with Gasteiger partial charge in [0.25, 0.3) is 0 Å². The van der Waals surface area contributed by atoms with E-state index in [1.807, 2.05) is 18.2 Å². The largest absolute Gasteiger partial charge is 0.309 e. The van der Waals surface area contributed by atoms with Crippen LogP contribution in [0.3, 0.4) is 0 Å². The highest BCUT2D eigenvalue weighted by atomic mass is 32.2. The first-order valence-corrected chi connectivity index (χ1v) is 8.60. The Labute approximate surface area is 120 Å². The quantitative estimate of drug-likeness (QED) is 0.790. The van der Waals surface area contributed by atoms with Crippen LogP contribution < -0.4 is 5.32 Å². The van der Waals surface area contributed by atoms with Crippen LogP contribution in [-0.4, -0.2) is 21.8 Å². The second kappa shape index (κ2) is 8.49. The maximum Gasteiger partial charge on any atom is 0.0436 e. The first-order valence-electron chi connectivity index (χ1n) is 7.21. The normalized spacial score (nSPS) is 16.3. The van der Waals surface area contributed by atoms with Gasteiger partial charge in [0.15, 0.2) is 0 Å². The Morgan fingerprint density at radius 2 is 1.79 bits per heavy atom. The molecule has 0 aromatic heterocycles. The Morgan fingerprint density at radius 3 is 2.32 bits per heavy atom. The third-order valence-corrected chi connectivity index (χ3v) is 5.56. The highest BCUT2D eigenvalue weighted by Gasteiger charge is 2.20. The van der Waals surface area contributed by atoms with E-state index in [1.165, 1.54) is 5.56 Å². The molecule has 3 unspecified atom stereocenters. The zero-order valence-corrected chi connectivity index (χ0v) is 13.4. The van der Waals surface area contributed by atoms with Gasteiger partial charge in [-0.25, -0.2) is 0 Å². The van der Waals surface area contributed by atoms with Gasteiger partial charge in [0, 0.05) is 27.8 Å². The fraction of sp³-hybridized carbons (Fsp3) is 0.625. The minimum absolute atomic E-state index is 0.197. The highest BCUT2D eigenvalue weighted by molar-refractivity contribution is 7.85. The molecule has 0 saturated carbocycles. The van der Waals surface area contributed by atoms with Crippen LogP contribution in [-0.2, 0) is 10.8 Å². The van der Waals surface area contributed by atoms with Gasteiger partial charge in [0.1, 0.15) is 0 Å². The molecule has 3 heteroatoms. The summed E-state index contributed by atoms with van der Waals surface area (Å²) in [6.07, 6.45) is 1.09. The van der Waals surface area contributed by atoms with E-state index in [0.717, 1.165) is 13.0 Å². The summed E-state index contributed by atoms with van der Waals surface area (Å²) in [6.45, 7) is 9.48. The van der Waals surface area contributed by atoms with Crippen molar-refractivity contribution >= 4 is 10.8 Å². The van der Waals surface area contributed by atoms with Crippen LogP contribution in [0.5, 0.6) is 0 Å². The molecule has 108 valence electrons. The van der Waals surface area contributed by atoms with Gasteiger partial charge >= 0.3 is 0 Å². The van der Waals surface area contributed by atoms with E-state index < -0.39 is 10.8 Å². The standard InChI is InChI=1S/C16H27NOS/c1-5-11-17-16(15-9-7-6-8-10-15)12-19(18)14(4)13(2)3/h6-10,13-14,16-17H,5,11-12H2,1-4H3. The van der Waals surface area contributed by atoms with Gasteiger partial charge in [-0.15, -0.1) is 0 Å². The van der Waals surface area contributed by atoms with Crippen LogP contribution in [0.15, 0.2) is 30.3 Å². The van der Waals surface area contributed by atoms with Crippen molar-refractivity contribution in [3.63, 3.8) is 0 Å². The molecule has 0 spiro atoms. The predicted molar refractivity (Wildman–Crippen MR) is 84.8 cm³/mol. The van der Waals surface area contributed by atoms with Gasteiger partial charge in [-0.05, 0) is 24.4 Å². The summed E-state index contributed by atoms with van der Waals surface area (Å²) >= 11 is 0. The van der Waals surface area contributed by atoms with Gasteiger partial charge < -0.3 is 5.32 Å². The molecule has 0 aliphatic carbocycles. The molecule has 1 aromatic carbocycles. The van der Waals surface area contributed by atoms with E-state index in [4.69, 9.17) is 0 Å². The molecule has 0 saturated heterocycles. The minimum atomic E-state index is -0.791. The molecule has 1 rings (SSSR count). The fourth-order valence-corrected chi connectivity index (χ4v) is 3.45. The van der Waals surface area contributed by atoms with Gasteiger partial charge in [-0.1, -0.05) is 58.0 Å². The van der Waals surface area contributed by atoms with Crippen molar-refractivity contribution in [1.29, 1.82) is 0 Å². The molecule has 0 aliphatic rings. The van der Waals surface area contributed by atoms with Crippen LogP contribution >= 0.6 is 0 Å². The lowest BCUT2D eigenvalue weighted by atomic mass is 10.1. The van der Waals surface area contributed by atoms with Crippen molar-refractivity contribution in [2.75, 3.05) is 12.3 Å². The summed E-state index contributed by atoms with van der Waals surface area (Å²) in [6, 6.07) is 10.5. The average Bonchev–Trinajstić information content (AvgIpc) is 2.43. The Kier molecular flexibility index (Phi) is 7.32. The molecule has 0 amide bonds. The molecule has 0 radical (unpaired) electrons. The third-order valence-electron chi connectivity index (χ3n) is 3.53. The Balaban J connectivity index is 2.73. The molecule has 19 heavy (non-hydrogen) atoms. The van der Waals surface area contributed by atoms with Crippen LogP contribution in [0, 0.1) is 5.92 Å². The zero-order chi connectivity index (χ0) is 14.3. The van der Waals surface area contributed by atoms with Crippen molar-refractivity contribution < 1.29 is 4.21 Å². The van der Waals surface area contributed by atoms with Gasteiger partial charge in [-0.2, -0.15) is 0 Å². The van der Waals surface area contributed by atoms with Crippen molar-refractivity contribution in [3.8, 4) is 0 Å². The monoisotopic (exact) mass is 281 g/mol. The summed E-state index contributed by atoms with van der Waals surface area (Å²) in [7, 11) is -0.791. The van der Waals surface area contributed by atoms with Crippen molar-refractivity contribution in [2.24, 2.45) is 5.92 Å². The summed E-state index contributed by atoms with van der Waals surface area (Å²) in [5.74, 6) is 1.16. The van der Waals surface area contributed by atoms with E-state index in [9.17, 15) is 4.21 Å². The third kappa shape index (κ3) is 5.45. The molecular weight excluding hydrogens is 254 g/mol. The molecule has 0 bridgehead atoms. The number of hydrogen-bond acceptors (Lipinski definition) is 2. The molecule has 0 aliphatic heterocycles. The van der Waals surface area contributed by atoms with E-state index >= 15 is 0 Å². The number of benzene rings is 1. The Morgan fingerprint density at radius 1 is 1.16 bits per heavy atom. The van der Waals surface area contributed by atoms with Gasteiger partial charge in [0.2, 0.25) is 0 Å². The van der Waals surface area contributed by atoms with E-state index in [1.54, 1.807) is 0 Å². The SMILES string of the molecule is CCCNC(CS(=O)C(C)C(C)C)c1ccccc1. The van der Waals surface area contributed by atoms with Crippen molar-refractivity contribution in [2.45, 2.75) is 45.4 Å². The fourth-order valence-electron chi connectivity index (χ4n) is 1.90. The van der Waals surface area contributed by atoms with Gasteiger partial charge in [-0.3, -0.25) is 4.21 Å². The second-order valence-corrected chi connectivity index (χ2v) is 7.25. The van der Waals surface area contributed by atoms with Gasteiger partial charge in [0.05, 0.1) is 0 Å². The predicted octanol–water partition coefficient (Wildman–Crippen LogP) is 3.52. The van der Waals surface area contributed by atoms with E-state index in [0.29, 0.717) is 11.7 Å². The zero-order valence-electron chi connectivity index (χ0n) is 12.6. The van der Waals surface area contributed by atoms with Crippen LogP contribution in [0.1, 0.15) is 45.7 Å². The highest BCUT2D eigenvalue weighted by Crippen LogP contribution is 2.18. The molecule has 0 heterocycles. The maximum absolute atomic E-state index is 12.4. The molecular formula is C16H27NOS. The second-order valence-electron chi connectivity index (χ2n) is 5.41. The first-order chi connectivity index (χ1) is 9.06. The summed E-state index contributed by atoms with van der Waals surface area (Å²) in [5.41, 5.74) is 1.24. The van der Waals surface area contributed by atoms with Crippen LogP contribution in [0.2, 0.25) is 0 Å². The smallest absolute Gasteiger partial charge is 0.0436 e. The maximum atomic E-state index is 12.4. The Hall–Kier alpha value is -0.670.